The van der Waals surface area contributed by atoms with E-state index >= 15 is 0 Å². The predicted molar refractivity (Wildman–Crippen MR) is 98.7 cm³/mol. The number of benzene rings is 2. The van der Waals surface area contributed by atoms with Crippen molar-refractivity contribution in [2.75, 3.05) is 25.5 Å². The largest absolute Gasteiger partial charge is 0.497 e. The van der Waals surface area contributed by atoms with Crippen molar-refractivity contribution in [1.82, 2.24) is 5.32 Å². The van der Waals surface area contributed by atoms with E-state index in [1.165, 1.54) is 11.1 Å². The molecule has 0 unspecified atom stereocenters. The number of amides is 1. The number of nitrogens with one attached hydrogen (secondary N) is 2. The molecule has 0 atom stereocenters. The molecule has 0 radical (unpaired) electrons. The lowest BCUT2D eigenvalue weighted by Crippen LogP contribution is -2.29. The van der Waals surface area contributed by atoms with E-state index in [2.05, 4.69) is 36.6 Å². The van der Waals surface area contributed by atoms with E-state index in [0.717, 1.165) is 24.4 Å². The van der Waals surface area contributed by atoms with Gasteiger partial charge >= 0.3 is 0 Å². The summed E-state index contributed by atoms with van der Waals surface area (Å²) >= 11 is 0. The minimum Gasteiger partial charge on any atom is -0.497 e. The summed E-state index contributed by atoms with van der Waals surface area (Å²) < 4.78 is 5.13. The van der Waals surface area contributed by atoms with E-state index in [4.69, 9.17) is 4.74 Å². The highest BCUT2D eigenvalue weighted by atomic mass is 16.5. The maximum atomic E-state index is 11.9. The van der Waals surface area contributed by atoms with Crippen LogP contribution >= 0.6 is 0 Å². The molecule has 4 heteroatoms. The lowest BCUT2D eigenvalue weighted by molar-refractivity contribution is -0.115. The lowest BCUT2D eigenvalue weighted by Gasteiger charge is -2.09. The zero-order valence-electron chi connectivity index (χ0n) is 14.6. The topological polar surface area (TPSA) is 50.4 Å². The van der Waals surface area contributed by atoms with Gasteiger partial charge in [0.05, 0.1) is 13.7 Å². The van der Waals surface area contributed by atoms with Gasteiger partial charge in [-0.3, -0.25) is 4.79 Å². The van der Waals surface area contributed by atoms with Crippen LogP contribution in [0.3, 0.4) is 0 Å². The summed E-state index contributed by atoms with van der Waals surface area (Å²) in [5, 5.41) is 6.07. The third-order valence-electron chi connectivity index (χ3n) is 3.90. The van der Waals surface area contributed by atoms with E-state index in [0.29, 0.717) is 12.5 Å². The molecular weight excluding hydrogens is 300 g/mol. The highest BCUT2D eigenvalue weighted by molar-refractivity contribution is 5.92. The van der Waals surface area contributed by atoms with Crippen molar-refractivity contribution >= 4 is 11.6 Å². The molecule has 24 heavy (non-hydrogen) atoms. The van der Waals surface area contributed by atoms with Crippen molar-refractivity contribution in [2.45, 2.75) is 26.2 Å². The first-order chi connectivity index (χ1) is 11.6. The lowest BCUT2D eigenvalue weighted by atomic mass is 10.0. The Morgan fingerprint density at radius 3 is 2.29 bits per heavy atom. The Labute approximate surface area is 144 Å². The number of hydrogen-bond acceptors (Lipinski definition) is 3. The summed E-state index contributed by atoms with van der Waals surface area (Å²) in [7, 11) is 1.66. The number of methoxy groups -OCH3 is 1. The fourth-order valence-corrected chi connectivity index (χ4v) is 2.38. The maximum absolute atomic E-state index is 11.9. The molecule has 2 aromatic rings. The van der Waals surface area contributed by atoms with Crippen molar-refractivity contribution in [3.63, 3.8) is 0 Å². The Balaban J connectivity index is 1.69. The second-order valence-electron chi connectivity index (χ2n) is 6.10. The van der Waals surface area contributed by atoms with Gasteiger partial charge in [-0.1, -0.05) is 38.1 Å². The second kappa shape index (κ2) is 9.08. The van der Waals surface area contributed by atoms with E-state index in [1.54, 1.807) is 7.11 Å². The second-order valence-corrected chi connectivity index (χ2v) is 6.10. The number of carbonyl (C=O) groups excluding carboxylic acids is 1. The van der Waals surface area contributed by atoms with Crippen molar-refractivity contribution < 1.29 is 9.53 Å². The Hall–Kier alpha value is -2.33. The van der Waals surface area contributed by atoms with Gasteiger partial charge in [-0.05, 0) is 54.3 Å². The summed E-state index contributed by atoms with van der Waals surface area (Å²) in [6.07, 6.45) is 0.875. The quantitative estimate of drug-likeness (QED) is 0.729. The average molecular weight is 326 g/mol. The highest BCUT2D eigenvalue weighted by Gasteiger charge is 2.03. The fraction of sp³-hybridized carbons (Fsp3) is 0.350. The van der Waals surface area contributed by atoms with Gasteiger partial charge in [0.2, 0.25) is 5.91 Å². The number of hydrogen-bond donors (Lipinski definition) is 2. The van der Waals surface area contributed by atoms with Gasteiger partial charge in [0.25, 0.3) is 0 Å². The minimum atomic E-state index is -0.0259. The van der Waals surface area contributed by atoms with Crippen molar-refractivity contribution in [1.29, 1.82) is 0 Å². The number of carbonyl (C=O) groups is 1. The van der Waals surface area contributed by atoms with Crippen LogP contribution in [0.1, 0.15) is 30.9 Å². The first-order valence-corrected chi connectivity index (χ1v) is 8.32. The van der Waals surface area contributed by atoms with Gasteiger partial charge in [-0.15, -0.1) is 0 Å². The Kier molecular flexibility index (Phi) is 6.82. The van der Waals surface area contributed by atoms with Crippen LogP contribution in [0.2, 0.25) is 0 Å². The fourth-order valence-electron chi connectivity index (χ4n) is 2.38. The Morgan fingerprint density at radius 1 is 1.04 bits per heavy atom. The molecule has 0 aliphatic rings. The Morgan fingerprint density at radius 2 is 1.71 bits per heavy atom. The van der Waals surface area contributed by atoms with Gasteiger partial charge in [0.15, 0.2) is 0 Å². The number of anilines is 1. The van der Waals surface area contributed by atoms with Crippen molar-refractivity contribution in [2.24, 2.45) is 0 Å². The summed E-state index contributed by atoms with van der Waals surface area (Å²) in [4.78, 5) is 11.9. The van der Waals surface area contributed by atoms with Crippen molar-refractivity contribution in [3.05, 3.63) is 59.7 Å². The van der Waals surface area contributed by atoms with E-state index in [-0.39, 0.29) is 5.91 Å². The SMILES string of the molecule is COc1ccc(CCNCC(=O)Nc2ccc(C(C)C)cc2)cc1. The molecule has 0 aliphatic heterocycles. The molecule has 0 spiro atoms. The smallest absolute Gasteiger partial charge is 0.238 e. The summed E-state index contributed by atoms with van der Waals surface area (Å²) in [5.41, 5.74) is 3.32. The molecule has 0 heterocycles. The van der Waals surface area contributed by atoms with Crippen LogP contribution in [0.4, 0.5) is 5.69 Å². The molecule has 4 nitrogen and oxygen atoms in total. The standard InChI is InChI=1S/C20H26N2O2/c1-15(2)17-6-8-18(9-7-17)22-20(23)14-21-13-12-16-4-10-19(24-3)11-5-16/h4-11,15,21H,12-14H2,1-3H3,(H,22,23). The predicted octanol–water partition coefficient (Wildman–Crippen LogP) is 3.59. The third-order valence-corrected chi connectivity index (χ3v) is 3.90. The number of ether oxygens (including phenoxy) is 1. The molecule has 128 valence electrons. The average Bonchev–Trinajstić information content (AvgIpc) is 2.59. The molecule has 0 fully saturated rings. The van der Waals surface area contributed by atoms with E-state index < -0.39 is 0 Å². The summed E-state index contributed by atoms with van der Waals surface area (Å²) in [6, 6.07) is 16.0. The molecule has 2 aromatic carbocycles. The van der Waals surface area contributed by atoms with Crippen LogP contribution < -0.4 is 15.4 Å². The molecule has 0 saturated heterocycles. The highest BCUT2D eigenvalue weighted by Crippen LogP contribution is 2.17. The van der Waals surface area contributed by atoms with E-state index in [9.17, 15) is 4.79 Å². The zero-order valence-corrected chi connectivity index (χ0v) is 14.6. The van der Waals surface area contributed by atoms with Gasteiger partial charge < -0.3 is 15.4 Å². The molecular formula is C20H26N2O2. The molecule has 2 N–H and O–H groups in total. The van der Waals surface area contributed by atoms with Gasteiger partial charge in [0, 0.05) is 5.69 Å². The van der Waals surface area contributed by atoms with Crippen LogP contribution in [0.15, 0.2) is 48.5 Å². The van der Waals surface area contributed by atoms with Crippen LogP contribution in [0.5, 0.6) is 5.75 Å². The molecule has 0 aliphatic carbocycles. The number of rotatable bonds is 8. The van der Waals surface area contributed by atoms with Gasteiger partial charge in [-0.25, -0.2) is 0 Å². The normalized spacial score (nSPS) is 10.7. The molecule has 0 bridgehead atoms. The summed E-state index contributed by atoms with van der Waals surface area (Å²) in [5.74, 6) is 1.32. The molecule has 0 saturated carbocycles. The molecule has 2 rings (SSSR count). The molecule has 1 amide bonds. The third kappa shape index (κ3) is 5.70. The first-order valence-electron chi connectivity index (χ1n) is 8.32. The first kappa shape index (κ1) is 18.0. The summed E-state index contributed by atoms with van der Waals surface area (Å²) in [6.45, 7) is 5.37. The van der Waals surface area contributed by atoms with Crippen LogP contribution in [0.25, 0.3) is 0 Å². The Bertz CT molecular complexity index is 634. The maximum Gasteiger partial charge on any atom is 0.238 e. The van der Waals surface area contributed by atoms with Gasteiger partial charge in [-0.2, -0.15) is 0 Å². The minimum absolute atomic E-state index is 0.0259. The van der Waals surface area contributed by atoms with Crippen LogP contribution in [-0.4, -0.2) is 26.1 Å². The van der Waals surface area contributed by atoms with Crippen molar-refractivity contribution in [3.8, 4) is 5.75 Å². The van der Waals surface area contributed by atoms with Crippen LogP contribution in [-0.2, 0) is 11.2 Å². The van der Waals surface area contributed by atoms with Gasteiger partial charge in [0.1, 0.15) is 5.75 Å². The monoisotopic (exact) mass is 326 g/mol. The van der Waals surface area contributed by atoms with Crippen LogP contribution in [0, 0.1) is 0 Å². The van der Waals surface area contributed by atoms with E-state index in [1.807, 2.05) is 36.4 Å². The zero-order chi connectivity index (χ0) is 17.4. The molecule has 0 aromatic heterocycles.